The Hall–Kier alpha value is -3.85. The van der Waals surface area contributed by atoms with Crippen LogP contribution in [0.15, 0.2) is 64.0 Å². The lowest BCUT2D eigenvalue weighted by molar-refractivity contribution is -0.121. The van der Waals surface area contributed by atoms with Crippen LogP contribution in [0.25, 0.3) is 33.9 Å². The van der Waals surface area contributed by atoms with Crippen molar-refractivity contribution >= 4 is 16.8 Å². The number of pyridine rings is 2. The molecule has 1 N–H and O–H groups in total. The van der Waals surface area contributed by atoms with Crippen molar-refractivity contribution in [2.75, 3.05) is 20.3 Å². The number of aromatic nitrogens is 4. The molecule has 3 aromatic heterocycles. The molecule has 0 aliphatic heterocycles. The fourth-order valence-corrected chi connectivity index (χ4v) is 3.10. The molecule has 1 aromatic carbocycles. The molecule has 0 fully saturated rings. The number of nitrogens with one attached hydrogen (secondary N) is 1. The highest BCUT2D eigenvalue weighted by atomic mass is 16.5. The van der Waals surface area contributed by atoms with E-state index in [1.54, 1.807) is 37.6 Å². The van der Waals surface area contributed by atoms with Crippen molar-refractivity contribution in [3.05, 3.63) is 65.1 Å². The monoisotopic (exact) mass is 405 g/mol. The standard InChI is InChI=1S/C21H19N5O4/c1-29-11-10-23-18(27)13-26-17-8-3-2-6-14(17)15(12-19(26)28)21-24-20(25-30-21)16-7-4-5-9-22-16/h2-9,12H,10-11,13H2,1H3,(H,23,27). The van der Waals surface area contributed by atoms with E-state index in [2.05, 4.69) is 20.4 Å². The lowest BCUT2D eigenvalue weighted by atomic mass is 10.1. The molecule has 0 radical (unpaired) electrons. The van der Waals surface area contributed by atoms with Crippen LogP contribution in [0.2, 0.25) is 0 Å². The Labute approximate surface area is 171 Å². The first kappa shape index (κ1) is 19.5. The lowest BCUT2D eigenvalue weighted by Crippen LogP contribution is -2.34. The van der Waals surface area contributed by atoms with Gasteiger partial charge in [0.25, 0.3) is 11.4 Å². The van der Waals surface area contributed by atoms with Gasteiger partial charge in [-0.1, -0.05) is 29.4 Å². The summed E-state index contributed by atoms with van der Waals surface area (Å²) >= 11 is 0. The van der Waals surface area contributed by atoms with E-state index in [1.807, 2.05) is 18.2 Å². The third-order valence-electron chi connectivity index (χ3n) is 4.50. The summed E-state index contributed by atoms with van der Waals surface area (Å²) in [4.78, 5) is 33.7. The van der Waals surface area contributed by atoms with Crippen LogP contribution in [-0.2, 0) is 16.1 Å². The second kappa shape index (κ2) is 8.66. The summed E-state index contributed by atoms with van der Waals surface area (Å²) in [6, 6.07) is 14.1. The number of fused-ring (bicyclic) bond motifs is 1. The molecule has 0 aliphatic carbocycles. The maximum atomic E-state index is 12.8. The summed E-state index contributed by atoms with van der Waals surface area (Å²) in [6.07, 6.45) is 1.64. The van der Waals surface area contributed by atoms with Crippen molar-refractivity contribution in [1.29, 1.82) is 0 Å². The summed E-state index contributed by atoms with van der Waals surface area (Å²) in [5.41, 5.74) is 1.32. The number of hydrogen-bond acceptors (Lipinski definition) is 7. The van der Waals surface area contributed by atoms with Gasteiger partial charge in [0, 0.05) is 31.3 Å². The lowest BCUT2D eigenvalue weighted by Gasteiger charge is -2.12. The van der Waals surface area contributed by atoms with Crippen LogP contribution in [0.1, 0.15) is 0 Å². The van der Waals surface area contributed by atoms with E-state index >= 15 is 0 Å². The van der Waals surface area contributed by atoms with Gasteiger partial charge in [-0.15, -0.1) is 0 Å². The van der Waals surface area contributed by atoms with Crippen molar-refractivity contribution in [3.8, 4) is 23.0 Å². The number of benzene rings is 1. The minimum absolute atomic E-state index is 0.105. The average Bonchev–Trinajstić information content (AvgIpc) is 3.26. The van der Waals surface area contributed by atoms with Crippen LogP contribution >= 0.6 is 0 Å². The molecule has 152 valence electrons. The number of para-hydroxylation sites is 1. The highest BCUT2D eigenvalue weighted by Crippen LogP contribution is 2.27. The van der Waals surface area contributed by atoms with Crippen molar-refractivity contribution in [3.63, 3.8) is 0 Å². The van der Waals surface area contributed by atoms with Crippen molar-refractivity contribution in [2.24, 2.45) is 0 Å². The first-order valence-electron chi connectivity index (χ1n) is 9.31. The summed E-state index contributed by atoms with van der Waals surface area (Å²) in [6.45, 7) is 0.667. The second-order valence-corrected chi connectivity index (χ2v) is 6.48. The Balaban J connectivity index is 1.72. The van der Waals surface area contributed by atoms with Gasteiger partial charge < -0.3 is 14.6 Å². The predicted molar refractivity (Wildman–Crippen MR) is 110 cm³/mol. The van der Waals surface area contributed by atoms with E-state index in [-0.39, 0.29) is 23.9 Å². The molecule has 1 amide bonds. The zero-order valence-corrected chi connectivity index (χ0v) is 16.2. The van der Waals surface area contributed by atoms with Crippen LogP contribution < -0.4 is 10.9 Å². The van der Waals surface area contributed by atoms with Gasteiger partial charge in [-0.25, -0.2) is 0 Å². The first-order valence-corrected chi connectivity index (χ1v) is 9.31. The summed E-state index contributed by atoms with van der Waals surface area (Å²) in [5, 5.41) is 7.42. The van der Waals surface area contributed by atoms with Gasteiger partial charge in [-0.2, -0.15) is 4.98 Å². The topological polar surface area (TPSA) is 112 Å². The van der Waals surface area contributed by atoms with Crippen LogP contribution in [0.5, 0.6) is 0 Å². The Morgan fingerprint density at radius 3 is 2.83 bits per heavy atom. The molecule has 9 nitrogen and oxygen atoms in total. The molecule has 0 bridgehead atoms. The van der Waals surface area contributed by atoms with Crippen LogP contribution in [-0.4, -0.2) is 45.9 Å². The molecule has 4 rings (SSSR count). The van der Waals surface area contributed by atoms with Crippen LogP contribution in [0.4, 0.5) is 0 Å². The van der Waals surface area contributed by atoms with Crippen LogP contribution in [0, 0.1) is 0 Å². The number of methoxy groups -OCH3 is 1. The molecule has 0 atom stereocenters. The van der Waals surface area contributed by atoms with Crippen molar-refractivity contribution in [1.82, 2.24) is 25.0 Å². The average molecular weight is 405 g/mol. The van der Waals surface area contributed by atoms with Gasteiger partial charge in [-0.05, 0) is 18.2 Å². The molecule has 9 heteroatoms. The Kier molecular flexibility index (Phi) is 5.62. The molecular weight excluding hydrogens is 386 g/mol. The van der Waals surface area contributed by atoms with E-state index < -0.39 is 0 Å². The molecule has 3 heterocycles. The molecule has 0 unspecified atom stereocenters. The molecule has 4 aromatic rings. The summed E-state index contributed by atoms with van der Waals surface area (Å²) in [7, 11) is 1.56. The fraction of sp³-hybridized carbons (Fsp3) is 0.190. The molecule has 0 spiro atoms. The highest BCUT2D eigenvalue weighted by Gasteiger charge is 2.18. The van der Waals surface area contributed by atoms with E-state index in [9.17, 15) is 9.59 Å². The van der Waals surface area contributed by atoms with Crippen LogP contribution in [0.3, 0.4) is 0 Å². The SMILES string of the molecule is COCCNC(=O)Cn1c(=O)cc(-c2nc(-c3ccccn3)no2)c2ccccc21. The van der Waals surface area contributed by atoms with Gasteiger partial charge >= 0.3 is 0 Å². The number of ether oxygens (including phenoxy) is 1. The Morgan fingerprint density at radius 1 is 1.20 bits per heavy atom. The molecule has 0 aliphatic rings. The largest absolute Gasteiger partial charge is 0.383 e. The predicted octanol–water partition coefficient (Wildman–Crippen LogP) is 1.88. The maximum absolute atomic E-state index is 12.8. The minimum atomic E-state index is -0.344. The normalized spacial score (nSPS) is 11.0. The smallest absolute Gasteiger partial charge is 0.259 e. The van der Waals surface area contributed by atoms with Gasteiger partial charge in [-0.3, -0.25) is 19.1 Å². The number of nitrogens with zero attached hydrogens (tertiary/aromatic N) is 4. The molecule has 0 saturated carbocycles. The fourth-order valence-electron chi connectivity index (χ4n) is 3.10. The van der Waals surface area contributed by atoms with Gasteiger partial charge in [0.2, 0.25) is 11.7 Å². The van der Waals surface area contributed by atoms with E-state index in [0.717, 1.165) is 5.39 Å². The maximum Gasteiger partial charge on any atom is 0.259 e. The number of amides is 1. The highest BCUT2D eigenvalue weighted by molar-refractivity contribution is 5.93. The number of carbonyl (C=O) groups is 1. The van der Waals surface area contributed by atoms with E-state index in [4.69, 9.17) is 9.26 Å². The summed E-state index contributed by atoms with van der Waals surface area (Å²) < 4.78 is 11.7. The first-order chi connectivity index (χ1) is 14.7. The number of carbonyl (C=O) groups excluding carboxylic acids is 1. The Bertz CT molecular complexity index is 1230. The van der Waals surface area contributed by atoms with E-state index in [0.29, 0.717) is 35.8 Å². The zero-order valence-electron chi connectivity index (χ0n) is 16.2. The third-order valence-corrected chi connectivity index (χ3v) is 4.50. The zero-order chi connectivity index (χ0) is 20.9. The summed E-state index contributed by atoms with van der Waals surface area (Å²) in [5.74, 6) is 0.263. The molecule has 30 heavy (non-hydrogen) atoms. The van der Waals surface area contributed by atoms with Crippen molar-refractivity contribution < 1.29 is 14.1 Å². The molecular formula is C21H19N5O4. The quantitative estimate of drug-likeness (QED) is 0.467. The molecule has 0 saturated heterocycles. The van der Waals surface area contributed by atoms with Gasteiger partial charge in [0.05, 0.1) is 17.7 Å². The Morgan fingerprint density at radius 2 is 2.03 bits per heavy atom. The van der Waals surface area contributed by atoms with Gasteiger partial charge in [0.15, 0.2) is 0 Å². The number of hydrogen-bond donors (Lipinski definition) is 1. The van der Waals surface area contributed by atoms with E-state index in [1.165, 1.54) is 10.6 Å². The number of rotatable bonds is 7. The minimum Gasteiger partial charge on any atom is -0.383 e. The van der Waals surface area contributed by atoms with Crippen molar-refractivity contribution in [2.45, 2.75) is 6.54 Å². The second-order valence-electron chi connectivity index (χ2n) is 6.48. The third kappa shape index (κ3) is 3.96. The van der Waals surface area contributed by atoms with Gasteiger partial charge in [0.1, 0.15) is 12.2 Å².